The maximum atomic E-state index is 12.6. The molecule has 1 heterocycles. The fourth-order valence-electron chi connectivity index (χ4n) is 2.79. The van der Waals surface area contributed by atoms with Gasteiger partial charge in [0.15, 0.2) is 0 Å². The van der Waals surface area contributed by atoms with Crippen LogP contribution in [0.4, 0.5) is 13.2 Å². The van der Waals surface area contributed by atoms with Gasteiger partial charge in [-0.25, -0.2) is 8.42 Å². The Bertz CT molecular complexity index is 760. The monoisotopic (exact) mass is 393 g/mol. The van der Waals surface area contributed by atoms with Gasteiger partial charge in [-0.3, -0.25) is 9.59 Å². The average molecular weight is 393 g/mol. The predicted octanol–water partition coefficient (Wildman–Crippen LogP) is 1.94. The summed E-state index contributed by atoms with van der Waals surface area (Å²) in [6.45, 7) is -0.768. The fourth-order valence-corrected chi connectivity index (χ4v) is 4.28. The van der Waals surface area contributed by atoms with E-state index in [2.05, 4.69) is 0 Å². The molecule has 0 aliphatic carbocycles. The van der Waals surface area contributed by atoms with Gasteiger partial charge in [-0.1, -0.05) is 12.1 Å². The van der Waals surface area contributed by atoms with Crippen molar-refractivity contribution < 1.29 is 36.3 Å². The number of nitrogens with zero attached hydrogens (tertiary/aromatic N) is 1. The molecular weight excluding hydrogens is 375 g/mol. The number of aliphatic carboxylic acids is 1. The van der Waals surface area contributed by atoms with Crippen molar-refractivity contribution in [2.45, 2.75) is 25.6 Å². The van der Waals surface area contributed by atoms with E-state index in [1.54, 1.807) is 0 Å². The maximum Gasteiger partial charge on any atom is 0.416 e. The van der Waals surface area contributed by atoms with Crippen molar-refractivity contribution >= 4 is 21.7 Å². The summed E-state index contributed by atoms with van der Waals surface area (Å²) in [6, 6.07) is 4.12. The van der Waals surface area contributed by atoms with Crippen molar-refractivity contribution in [3.8, 4) is 0 Å². The van der Waals surface area contributed by atoms with Crippen LogP contribution in [0, 0.1) is 5.92 Å². The number of carbonyl (C=O) groups is 2. The first-order valence-corrected chi connectivity index (χ1v) is 9.67. The van der Waals surface area contributed by atoms with Crippen LogP contribution in [0.15, 0.2) is 24.3 Å². The van der Waals surface area contributed by atoms with Gasteiger partial charge in [-0.05, 0) is 30.5 Å². The Hall–Kier alpha value is -2.10. The highest BCUT2D eigenvalue weighted by Gasteiger charge is 2.33. The molecule has 26 heavy (non-hydrogen) atoms. The van der Waals surface area contributed by atoms with Gasteiger partial charge in [0.1, 0.15) is 16.4 Å². The highest BCUT2D eigenvalue weighted by molar-refractivity contribution is 7.91. The van der Waals surface area contributed by atoms with Crippen LogP contribution in [0.2, 0.25) is 0 Å². The van der Waals surface area contributed by atoms with Crippen LogP contribution >= 0.6 is 0 Å². The largest absolute Gasteiger partial charge is 0.480 e. The van der Waals surface area contributed by atoms with Gasteiger partial charge in [0.05, 0.1) is 17.1 Å². The van der Waals surface area contributed by atoms with E-state index in [1.807, 2.05) is 0 Å². The van der Waals surface area contributed by atoms with Gasteiger partial charge in [-0.15, -0.1) is 0 Å². The van der Waals surface area contributed by atoms with Gasteiger partial charge in [0.25, 0.3) is 0 Å². The van der Waals surface area contributed by atoms with Crippen molar-refractivity contribution in [3.05, 3.63) is 35.4 Å². The van der Waals surface area contributed by atoms with Crippen LogP contribution in [0.25, 0.3) is 0 Å². The van der Waals surface area contributed by atoms with Crippen LogP contribution in [-0.4, -0.2) is 48.4 Å². The van der Waals surface area contributed by atoms with E-state index in [4.69, 9.17) is 5.11 Å². The number of amides is 1. The number of carboxylic acid groups (broad SMARTS) is 1. The van der Waals surface area contributed by atoms with Crippen LogP contribution in [0.1, 0.15) is 24.0 Å². The van der Waals surface area contributed by atoms with E-state index < -0.39 is 45.9 Å². The SMILES string of the molecule is O=C(O)CN(Cc1ccc(C(F)(F)F)cc1)C(=O)C1CCS(=O)(=O)CC1. The molecule has 0 aromatic heterocycles. The number of halogens is 3. The Morgan fingerprint density at radius 2 is 1.65 bits per heavy atom. The molecule has 0 radical (unpaired) electrons. The molecule has 1 aromatic carbocycles. The molecule has 1 N–H and O–H groups in total. The molecule has 2 rings (SSSR count). The topological polar surface area (TPSA) is 91.8 Å². The summed E-state index contributed by atoms with van der Waals surface area (Å²) in [7, 11) is -3.17. The van der Waals surface area contributed by atoms with Crippen LogP contribution in [-0.2, 0) is 32.1 Å². The normalized spacial score (nSPS) is 17.7. The van der Waals surface area contributed by atoms with E-state index in [0.717, 1.165) is 17.0 Å². The van der Waals surface area contributed by atoms with Gasteiger partial charge in [0, 0.05) is 12.5 Å². The molecule has 0 unspecified atom stereocenters. The standard InChI is InChI=1S/C16H18F3NO5S/c17-16(18,19)13-3-1-11(2-4-13)9-20(10-14(21)22)15(23)12-5-7-26(24,25)8-6-12/h1-4,12H,5-10H2,(H,21,22). The smallest absolute Gasteiger partial charge is 0.416 e. The highest BCUT2D eigenvalue weighted by Crippen LogP contribution is 2.29. The maximum absolute atomic E-state index is 12.6. The Labute approximate surface area is 148 Å². The molecule has 1 aliphatic rings. The van der Waals surface area contributed by atoms with Crippen LogP contribution in [0.5, 0.6) is 0 Å². The zero-order valence-electron chi connectivity index (χ0n) is 13.7. The molecule has 1 aliphatic heterocycles. The number of sulfone groups is 1. The summed E-state index contributed by atoms with van der Waals surface area (Å²) in [5.41, 5.74) is -0.481. The summed E-state index contributed by atoms with van der Waals surface area (Å²) >= 11 is 0. The van der Waals surface area contributed by atoms with Crippen molar-refractivity contribution in [2.24, 2.45) is 5.92 Å². The average Bonchev–Trinajstić information content (AvgIpc) is 2.53. The molecule has 1 amide bonds. The third-order valence-electron chi connectivity index (χ3n) is 4.20. The number of rotatable bonds is 5. The van der Waals surface area contributed by atoms with Gasteiger partial charge in [0.2, 0.25) is 5.91 Å². The number of carboxylic acids is 1. The number of hydrogen-bond donors (Lipinski definition) is 1. The van der Waals surface area contributed by atoms with Gasteiger partial charge in [-0.2, -0.15) is 13.2 Å². The molecule has 10 heteroatoms. The van der Waals surface area contributed by atoms with Crippen molar-refractivity contribution in [2.75, 3.05) is 18.1 Å². The molecule has 1 aromatic rings. The third kappa shape index (κ3) is 5.45. The lowest BCUT2D eigenvalue weighted by atomic mass is 10.0. The molecule has 0 spiro atoms. The molecule has 144 valence electrons. The lowest BCUT2D eigenvalue weighted by Crippen LogP contribution is -2.41. The van der Waals surface area contributed by atoms with Gasteiger partial charge >= 0.3 is 12.1 Å². The second kappa shape index (κ2) is 7.65. The van der Waals surface area contributed by atoms with E-state index in [-0.39, 0.29) is 30.9 Å². The zero-order chi connectivity index (χ0) is 19.5. The summed E-state index contributed by atoms with van der Waals surface area (Å²) in [6.07, 6.45) is -4.25. The quantitative estimate of drug-likeness (QED) is 0.826. The molecule has 0 bridgehead atoms. The second-order valence-electron chi connectivity index (χ2n) is 6.21. The minimum Gasteiger partial charge on any atom is -0.480 e. The Kier molecular flexibility index (Phi) is 5.94. The van der Waals surface area contributed by atoms with Crippen LogP contribution in [0.3, 0.4) is 0 Å². The predicted molar refractivity (Wildman–Crippen MR) is 85.9 cm³/mol. The minimum absolute atomic E-state index is 0.115. The summed E-state index contributed by atoms with van der Waals surface area (Å²) in [5, 5.41) is 9.00. The molecule has 1 fully saturated rings. The van der Waals surface area contributed by atoms with Crippen molar-refractivity contribution in [1.82, 2.24) is 4.90 Å². The number of carbonyl (C=O) groups excluding carboxylic acids is 1. The summed E-state index contributed by atoms with van der Waals surface area (Å²) in [4.78, 5) is 24.6. The molecule has 0 saturated carbocycles. The van der Waals surface area contributed by atoms with E-state index in [1.165, 1.54) is 12.1 Å². The zero-order valence-corrected chi connectivity index (χ0v) is 14.5. The number of hydrogen-bond acceptors (Lipinski definition) is 4. The Morgan fingerprint density at radius 1 is 1.12 bits per heavy atom. The van der Waals surface area contributed by atoms with E-state index in [9.17, 15) is 31.2 Å². The summed E-state index contributed by atoms with van der Waals surface area (Å²) in [5.74, 6) is -2.63. The molecule has 0 atom stereocenters. The Balaban J connectivity index is 2.12. The van der Waals surface area contributed by atoms with Crippen molar-refractivity contribution in [3.63, 3.8) is 0 Å². The third-order valence-corrected chi connectivity index (χ3v) is 5.91. The lowest BCUT2D eigenvalue weighted by molar-refractivity contribution is -0.147. The van der Waals surface area contributed by atoms with Crippen molar-refractivity contribution in [1.29, 1.82) is 0 Å². The van der Waals surface area contributed by atoms with Crippen LogP contribution < -0.4 is 0 Å². The minimum atomic E-state index is -4.48. The Morgan fingerprint density at radius 3 is 2.12 bits per heavy atom. The lowest BCUT2D eigenvalue weighted by Gasteiger charge is -2.28. The number of benzene rings is 1. The van der Waals surface area contributed by atoms with E-state index >= 15 is 0 Å². The first-order chi connectivity index (χ1) is 12.0. The molecule has 6 nitrogen and oxygen atoms in total. The van der Waals surface area contributed by atoms with E-state index in [0.29, 0.717) is 5.56 Å². The number of alkyl halides is 3. The highest BCUT2D eigenvalue weighted by atomic mass is 32.2. The second-order valence-corrected chi connectivity index (χ2v) is 8.51. The first-order valence-electron chi connectivity index (χ1n) is 7.85. The fraction of sp³-hybridized carbons (Fsp3) is 0.500. The van der Waals surface area contributed by atoms with Gasteiger partial charge < -0.3 is 10.0 Å². The molecular formula is C16H18F3NO5S. The summed E-state index contributed by atoms with van der Waals surface area (Å²) < 4.78 is 60.7. The first kappa shape index (κ1) is 20.2. The molecule has 1 saturated heterocycles.